The SMILES string of the molecule is C/C(CC(=O)Nc1ccc(N(C)C)cc1)=N/NC(=O)Cc1ccccc1. The lowest BCUT2D eigenvalue weighted by atomic mass is 10.1. The van der Waals surface area contributed by atoms with E-state index in [9.17, 15) is 9.59 Å². The summed E-state index contributed by atoms with van der Waals surface area (Å²) in [5.41, 5.74) is 5.71. The molecule has 2 N–H and O–H groups in total. The number of carbonyl (C=O) groups excluding carboxylic acids is 2. The minimum atomic E-state index is -0.213. The van der Waals surface area contributed by atoms with Crippen LogP contribution in [0.25, 0.3) is 0 Å². The highest BCUT2D eigenvalue weighted by molar-refractivity contribution is 6.05. The van der Waals surface area contributed by atoms with Crippen molar-refractivity contribution in [3.05, 3.63) is 60.2 Å². The van der Waals surface area contributed by atoms with Crippen molar-refractivity contribution in [3.63, 3.8) is 0 Å². The number of nitrogens with zero attached hydrogens (tertiary/aromatic N) is 2. The summed E-state index contributed by atoms with van der Waals surface area (Å²) in [6.45, 7) is 1.71. The number of hydrogen-bond acceptors (Lipinski definition) is 4. The van der Waals surface area contributed by atoms with Crippen LogP contribution >= 0.6 is 0 Å². The lowest BCUT2D eigenvalue weighted by Crippen LogP contribution is -2.22. The van der Waals surface area contributed by atoms with Crippen molar-refractivity contribution in [2.24, 2.45) is 5.10 Å². The zero-order chi connectivity index (χ0) is 18.9. The number of anilines is 2. The first-order valence-electron chi connectivity index (χ1n) is 8.37. The standard InChI is InChI=1S/C20H24N4O2/c1-15(22-23-20(26)14-16-7-5-4-6-8-16)13-19(25)21-17-9-11-18(12-10-17)24(2)3/h4-12H,13-14H2,1-3H3,(H,21,25)(H,23,26)/b22-15-. The number of hydrogen-bond donors (Lipinski definition) is 2. The molecule has 2 amide bonds. The Labute approximate surface area is 153 Å². The van der Waals surface area contributed by atoms with Crippen molar-refractivity contribution in [1.29, 1.82) is 0 Å². The van der Waals surface area contributed by atoms with Crippen LogP contribution in [0.4, 0.5) is 11.4 Å². The van der Waals surface area contributed by atoms with Gasteiger partial charge in [-0.1, -0.05) is 30.3 Å². The maximum absolute atomic E-state index is 12.1. The van der Waals surface area contributed by atoms with E-state index in [-0.39, 0.29) is 24.7 Å². The number of hydrazone groups is 1. The van der Waals surface area contributed by atoms with E-state index in [2.05, 4.69) is 15.8 Å². The van der Waals surface area contributed by atoms with Crippen LogP contribution in [-0.2, 0) is 16.0 Å². The molecule has 6 nitrogen and oxygen atoms in total. The Kier molecular flexibility index (Phi) is 6.91. The molecular formula is C20H24N4O2. The monoisotopic (exact) mass is 352 g/mol. The van der Waals surface area contributed by atoms with Gasteiger partial charge in [0.2, 0.25) is 11.8 Å². The van der Waals surface area contributed by atoms with Crippen LogP contribution in [0.15, 0.2) is 59.7 Å². The Morgan fingerprint density at radius 1 is 0.962 bits per heavy atom. The first-order valence-corrected chi connectivity index (χ1v) is 8.37. The van der Waals surface area contributed by atoms with Crippen LogP contribution in [0, 0.1) is 0 Å². The van der Waals surface area contributed by atoms with Gasteiger partial charge < -0.3 is 10.2 Å². The first-order chi connectivity index (χ1) is 12.4. The average Bonchev–Trinajstić information content (AvgIpc) is 2.61. The van der Waals surface area contributed by atoms with E-state index in [0.717, 1.165) is 16.9 Å². The minimum absolute atomic E-state index is 0.112. The molecular weight excluding hydrogens is 328 g/mol. The predicted molar refractivity (Wildman–Crippen MR) is 105 cm³/mol. The van der Waals surface area contributed by atoms with Crippen molar-refractivity contribution in [2.75, 3.05) is 24.3 Å². The van der Waals surface area contributed by atoms with Gasteiger partial charge in [0.25, 0.3) is 0 Å². The van der Waals surface area contributed by atoms with Crippen molar-refractivity contribution >= 4 is 28.9 Å². The molecule has 0 saturated heterocycles. The fourth-order valence-electron chi connectivity index (χ4n) is 2.30. The molecule has 0 unspecified atom stereocenters. The third-order valence-electron chi connectivity index (χ3n) is 3.66. The van der Waals surface area contributed by atoms with Gasteiger partial charge in [0.15, 0.2) is 0 Å². The normalized spacial score (nSPS) is 11.0. The molecule has 0 aromatic heterocycles. The molecule has 0 radical (unpaired) electrons. The molecule has 2 aromatic carbocycles. The Balaban J connectivity index is 1.80. The Hall–Kier alpha value is -3.15. The molecule has 2 rings (SSSR count). The van der Waals surface area contributed by atoms with Crippen molar-refractivity contribution in [3.8, 4) is 0 Å². The van der Waals surface area contributed by atoms with Gasteiger partial charge in [-0.05, 0) is 36.8 Å². The Bertz CT molecular complexity index is 768. The van der Waals surface area contributed by atoms with Crippen LogP contribution in [0.1, 0.15) is 18.9 Å². The molecule has 6 heteroatoms. The number of benzene rings is 2. The predicted octanol–water partition coefficient (Wildman–Crippen LogP) is 2.82. The van der Waals surface area contributed by atoms with Gasteiger partial charge in [0.05, 0.1) is 12.8 Å². The molecule has 0 atom stereocenters. The summed E-state index contributed by atoms with van der Waals surface area (Å²) in [7, 11) is 3.92. The number of rotatable bonds is 7. The zero-order valence-electron chi connectivity index (χ0n) is 15.3. The summed E-state index contributed by atoms with van der Waals surface area (Å²) < 4.78 is 0. The number of amides is 2. The highest BCUT2D eigenvalue weighted by Crippen LogP contribution is 2.15. The molecule has 136 valence electrons. The second kappa shape index (κ2) is 9.36. The van der Waals surface area contributed by atoms with Crippen molar-refractivity contribution < 1.29 is 9.59 Å². The second-order valence-corrected chi connectivity index (χ2v) is 6.21. The lowest BCUT2D eigenvalue weighted by molar-refractivity contribution is -0.120. The molecule has 0 fully saturated rings. The molecule has 0 aliphatic rings. The first kappa shape index (κ1) is 19.2. The summed E-state index contributed by atoms with van der Waals surface area (Å²) in [4.78, 5) is 25.9. The summed E-state index contributed by atoms with van der Waals surface area (Å²) >= 11 is 0. The summed E-state index contributed by atoms with van der Waals surface area (Å²) in [5, 5.41) is 6.80. The van der Waals surface area contributed by atoms with E-state index >= 15 is 0 Å². The topological polar surface area (TPSA) is 73.8 Å². The fraction of sp³-hybridized carbons (Fsp3) is 0.250. The Morgan fingerprint density at radius 3 is 2.23 bits per heavy atom. The van der Waals surface area contributed by atoms with Crippen LogP contribution in [0.5, 0.6) is 0 Å². The van der Waals surface area contributed by atoms with Crippen LogP contribution < -0.4 is 15.6 Å². The summed E-state index contributed by atoms with van der Waals surface area (Å²) in [6.07, 6.45) is 0.364. The highest BCUT2D eigenvalue weighted by Gasteiger charge is 2.06. The fourth-order valence-corrected chi connectivity index (χ4v) is 2.30. The number of nitrogens with one attached hydrogen (secondary N) is 2. The lowest BCUT2D eigenvalue weighted by Gasteiger charge is -2.13. The van der Waals surface area contributed by atoms with E-state index < -0.39 is 0 Å². The van der Waals surface area contributed by atoms with E-state index in [0.29, 0.717) is 5.71 Å². The summed E-state index contributed by atoms with van der Waals surface area (Å²) in [6, 6.07) is 17.0. The smallest absolute Gasteiger partial charge is 0.244 e. The molecule has 0 saturated carbocycles. The van der Waals surface area contributed by atoms with Crippen molar-refractivity contribution in [2.45, 2.75) is 19.8 Å². The zero-order valence-corrected chi connectivity index (χ0v) is 15.3. The van der Waals surface area contributed by atoms with E-state index in [1.165, 1.54) is 0 Å². The maximum Gasteiger partial charge on any atom is 0.244 e. The quantitative estimate of drug-likeness (QED) is 0.594. The molecule has 0 heterocycles. The second-order valence-electron chi connectivity index (χ2n) is 6.21. The van der Waals surface area contributed by atoms with E-state index in [4.69, 9.17) is 0 Å². The third kappa shape index (κ3) is 6.39. The molecule has 0 aliphatic heterocycles. The average molecular weight is 352 g/mol. The number of carbonyl (C=O) groups is 2. The van der Waals surface area contributed by atoms with Gasteiger partial charge >= 0.3 is 0 Å². The summed E-state index contributed by atoms with van der Waals surface area (Å²) in [5.74, 6) is -0.392. The maximum atomic E-state index is 12.1. The third-order valence-corrected chi connectivity index (χ3v) is 3.66. The highest BCUT2D eigenvalue weighted by atomic mass is 16.2. The van der Waals surface area contributed by atoms with Gasteiger partial charge in [-0.25, -0.2) is 5.43 Å². The largest absolute Gasteiger partial charge is 0.378 e. The van der Waals surface area contributed by atoms with Crippen molar-refractivity contribution in [1.82, 2.24) is 5.43 Å². The molecule has 2 aromatic rings. The van der Waals surface area contributed by atoms with Crippen LogP contribution in [0.3, 0.4) is 0 Å². The van der Waals surface area contributed by atoms with Gasteiger partial charge in [0, 0.05) is 31.2 Å². The molecule has 0 spiro atoms. The van der Waals surface area contributed by atoms with E-state index in [1.54, 1.807) is 6.92 Å². The molecule has 0 aliphatic carbocycles. The van der Waals surface area contributed by atoms with Crippen LogP contribution in [-0.4, -0.2) is 31.6 Å². The van der Waals surface area contributed by atoms with Gasteiger partial charge in [0.1, 0.15) is 0 Å². The van der Waals surface area contributed by atoms with Gasteiger partial charge in [-0.3, -0.25) is 9.59 Å². The van der Waals surface area contributed by atoms with Crippen LogP contribution in [0.2, 0.25) is 0 Å². The molecule has 0 bridgehead atoms. The Morgan fingerprint density at radius 2 is 1.62 bits per heavy atom. The van der Waals surface area contributed by atoms with E-state index in [1.807, 2.05) is 73.6 Å². The van der Waals surface area contributed by atoms with Gasteiger partial charge in [-0.15, -0.1) is 0 Å². The van der Waals surface area contributed by atoms with Gasteiger partial charge in [-0.2, -0.15) is 5.10 Å². The molecule has 26 heavy (non-hydrogen) atoms. The minimum Gasteiger partial charge on any atom is -0.378 e.